The fourth-order valence-electron chi connectivity index (χ4n) is 4.93. The van der Waals surface area contributed by atoms with E-state index in [9.17, 15) is 9.59 Å². The van der Waals surface area contributed by atoms with Crippen LogP contribution < -0.4 is 26.4 Å². The molecule has 2 aliphatic heterocycles. The largest absolute Gasteiger partial charge is 0.490 e. The fourth-order valence-corrected chi connectivity index (χ4v) is 4.93. The van der Waals surface area contributed by atoms with Gasteiger partial charge in [0.2, 0.25) is 0 Å². The molecule has 0 unspecified atom stereocenters. The maximum absolute atomic E-state index is 12.8. The van der Waals surface area contributed by atoms with Gasteiger partial charge in [-0.15, -0.1) is 0 Å². The number of carbonyl (C=O) groups is 2. The van der Waals surface area contributed by atoms with Gasteiger partial charge in [0.15, 0.2) is 5.96 Å². The van der Waals surface area contributed by atoms with Crippen LogP contribution in [0.5, 0.6) is 5.75 Å². The Morgan fingerprint density at radius 2 is 1.77 bits per heavy atom. The minimum Gasteiger partial charge on any atom is -0.490 e. The minimum absolute atomic E-state index is 0.0136. The van der Waals surface area contributed by atoms with Gasteiger partial charge in [-0.25, -0.2) is 4.99 Å². The molecular weight excluding hydrogens is 498 g/mol. The molecule has 4 rings (SSSR count). The fraction of sp³-hybridized carbons (Fsp3) is 0.483. The second-order valence-corrected chi connectivity index (χ2v) is 10.1. The van der Waals surface area contributed by atoms with Gasteiger partial charge in [0, 0.05) is 42.7 Å². The highest BCUT2D eigenvalue weighted by molar-refractivity contribution is 6.05. The van der Waals surface area contributed by atoms with Crippen molar-refractivity contribution in [2.75, 3.05) is 31.2 Å². The van der Waals surface area contributed by atoms with E-state index >= 15 is 0 Å². The van der Waals surface area contributed by atoms with Crippen LogP contribution in [-0.2, 0) is 22.5 Å². The zero-order valence-corrected chi connectivity index (χ0v) is 22.3. The maximum atomic E-state index is 12.8. The van der Waals surface area contributed by atoms with E-state index in [1.807, 2.05) is 12.1 Å². The molecule has 0 saturated carbocycles. The third-order valence-electron chi connectivity index (χ3n) is 7.16. The molecule has 2 saturated heterocycles. The first-order valence-corrected chi connectivity index (χ1v) is 13.7. The van der Waals surface area contributed by atoms with Crippen LogP contribution in [0.3, 0.4) is 0 Å². The predicted octanol–water partition coefficient (Wildman–Crippen LogP) is 2.82. The first kappa shape index (κ1) is 28.4. The number of hydrogen-bond acceptors (Lipinski definition) is 7. The molecule has 0 radical (unpaired) electrons. The number of aliphatic carboxylic acids is 1. The molecule has 39 heavy (non-hydrogen) atoms. The van der Waals surface area contributed by atoms with Gasteiger partial charge in [-0.3, -0.25) is 14.9 Å². The van der Waals surface area contributed by atoms with Gasteiger partial charge in [-0.05, 0) is 49.1 Å². The second-order valence-electron chi connectivity index (χ2n) is 10.1. The molecule has 210 valence electrons. The molecule has 0 bridgehead atoms. The van der Waals surface area contributed by atoms with E-state index in [1.165, 1.54) is 12.8 Å². The molecule has 2 aromatic carbocycles. The highest BCUT2D eigenvalue weighted by Gasteiger charge is 2.21. The number of carboxylic acids is 1. The molecule has 10 nitrogen and oxygen atoms in total. The second kappa shape index (κ2) is 14.0. The highest BCUT2D eigenvalue weighted by atomic mass is 16.5. The van der Waals surface area contributed by atoms with E-state index in [1.54, 1.807) is 24.3 Å². The summed E-state index contributed by atoms with van der Waals surface area (Å²) in [5.74, 6) is -0.661. The summed E-state index contributed by atoms with van der Waals surface area (Å²) in [6.45, 7) is 3.62. The van der Waals surface area contributed by atoms with Gasteiger partial charge in [0.1, 0.15) is 17.9 Å². The van der Waals surface area contributed by atoms with Gasteiger partial charge >= 0.3 is 5.97 Å². The lowest BCUT2D eigenvalue weighted by atomic mass is 10.0. The summed E-state index contributed by atoms with van der Waals surface area (Å²) >= 11 is 0. The molecule has 10 heteroatoms. The van der Waals surface area contributed by atoms with E-state index in [0.717, 1.165) is 61.3 Å². The standard InChI is InChI=1S/C29H39N5O5/c30-24(28(36)37)18-20-8-10-21(11-9-20)27(35)33-29(31)32-19-23-25(34-14-3-1-2-4-15-34)6-5-7-26(23)39-22-12-16-38-17-13-22/h5-11,22,24H,1-4,12-19,30H2,(H,36,37)(H3,31,32,33,35)/t24-/m0/s1. The number of amides is 1. The van der Waals surface area contributed by atoms with Crippen LogP contribution in [0.2, 0.25) is 0 Å². The average Bonchev–Trinajstić information content (AvgIpc) is 3.23. The summed E-state index contributed by atoms with van der Waals surface area (Å²) in [6.07, 6.45) is 6.70. The van der Waals surface area contributed by atoms with Crippen molar-refractivity contribution in [2.24, 2.45) is 16.5 Å². The first-order chi connectivity index (χ1) is 18.9. The summed E-state index contributed by atoms with van der Waals surface area (Å²) in [5, 5.41) is 11.6. The van der Waals surface area contributed by atoms with Crippen LogP contribution in [0, 0.1) is 0 Å². The molecular formula is C29H39N5O5. The van der Waals surface area contributed by atoms with Crippen molar-refractivity contribution in [3.05, 3.63) is 59.2 Å². The Hall–Kier alpha value is -3.63. The number of benzene rings is 2. The first-order valence-electron chi connectivity index (χ1n) is 13.7. The smallest absolute Gasteiger partial charge is 0.320 e. The van der Waals surface area contributed by atoms with Crippen molar-refractivity contribution >= 4 is 23.5 Å². The SMILES string of the molecule is NC(=NCc1c(OC2CCOCC2)cccc1N1CCCCCC1)NC(=O)c1ccc(C[C@H](N)C(=O)O)cc1. The summed E-state index contributed by atoms with van der Waals surface area (Å²) in [6, 6.07) is 11.7. The Bertz CT molecular complexity index is 1140. The molecule has 2 aliphatic rings. The number of hydrogen-bond donors (Lipinski definition) is 4. The minimum atomic E-state index is -1.07. The molecule has 0 aromatic heterocycles. The van der Waals surface area contributed by atoms with Crippen molar-refractivity contribution < 1.29 is 24.2 Å². The van der Waals surface area contributed by atoms with Crippen molar-refractivity contribution in [3.63, 3.8) is 0 Å². The molecule has 2 heterocycles. The van der Waals surface area contributed by atoms with Gasteiger partial charge in [0.05, 0.1) is 19.8 Å². The maximum Gasteiger partial charge on any atom is 0.320 e. The Labute approximate surface area is 229 Å². The van der Waals surface area contributed by atoms with Gasteiger partial charge < -0.3 is 30.9 Å². The normalized spacial score (nSPS) is 17.8. The number of carbonyl (C=O) groups excluding carboxylic acids is 1. The lowest BCUT2D eigenvalue weighted by Gasteiger charge is -2.29. The summed E-state index contributed by atoms with van der Waals surface area (Å²) in [4.78, 5) is 30.7. The highest BCUT2D eigenvalue weighted by Crippen LogP contribution is 2.33. The average molecular weight is 538 g/mol. The van der Waals surface area contributed by atoms with Crippen LogP contribution >= 0.6 is 0 Å². The van der Waals surface area contributed by atoms with E-state index in [2.05, 4.69) is 21.3 Å². The third-order valence-corrected chi connectivity index (χ3v) is 7.16. The zero-order valence-electron chi connectivity index (χ0n) is 22.3. The van der Waals surface area contributed by atoms with Crippen molar-refractivity contribution in [1.29, 1.82) is 0 Å². The lowest BCUT2D eigenvalue weighted by molar-refractivity contribution is -0.138. The number of aliphatic imine (C=N–C) groups is 1. The number of nitrogens with zero attached hydrogens (tertiary/aromatic N) is 2. The van der Waals surface area contributed by atoms with Crippen LogP contribution in [-0.4, -0.2) is 61.4 Å². The molecule has 2 aromatic rings. The van der Waals surface area contributed by atoms with Crippen LogP contribution in [0.15, 0.2) is 47.5 Å². The number of ether oxygens (including phenoxy) is 2. The summed E-state index contributed by atoms with van der Waals surface area (Å²) in [7, 11) is 0. The van der Waals surface area contributed by atoms with E-state index in [-0.39, 0.29) is 25.0 Å². The van der Waals surface area contributed by atoms with Gasteiger partial charge in [0.25, 0.3) is 5.91 Å². The number of nitrogens with one attached hydrogen (secondary N) is 1. The Morgan fingerprint density at radius 3 is 2.44 bits per heavy atom. The topological polar surface area (TPSA) is 152 Å². The Kier molecular flexibility index (Phi) is 10.2. The Morgan fingerprint density at radius 1 is 1.08 bits per heavy atom. The molecule has 6 N–H and O–H groups in total. The van der Waals surface area contributed by atoms with Gasteiger partial charge in [-0.1, -0.05) is 31.0 Å². The third kappa shape index (κ3) is 8.18. The number of guanidine groups is 1. The Balaban J connectivity index is 1.47. The summed E-state index contributed by atoms with van der Waals surface area (Å²) in [5.41, 5.74) is 14.9. The van der Waals surface area contributed by atoms with Crippen LogP contribution in [0.1, 0.15) is 60.0 Å². The number of carboxylic acid groups (broad SMARTS) is 1. The van der Waals surface area contributed by atoms with Gasteiger partial charge in [-0.2, -0.15) is 0 Å². The molecule has 0 aliphatic carbocycles. The monoisotopic (exact) mass is 537 g/mol. The zero-order chi connectivity index (χ0) is 27.6. The van der Waals surface area contributed by atoms with Crippen LogP contribution in [0.4, 0.5) is 5.69 Å². The molecule has 1 amide bonds. The molecule has 2 fully saturated rings. The number of anilines is 1. The molecule has 0 spiro atoms. The van der Waals surface area contributed by atoms with E-state index in [0.29, 0.717) is 18.8 Å². The number of rotatable bonds is 9. The van der Waals surface area contributed by atoms with Crippen molar-refractivity contribution in [3.8, 4) is 5.75 Å². The van der Waals surface area contributed by atoms with E-state index in [4.69, 9.17) is 26.0 Å². The molecule has 1 atom stereocenters. The predicted molar refractivity (Wildman–Crippen MR) is 150 cm³/mol. The van der Waals surface area contributed by atoms with Crippen molar-refractivity contribution in [1.82, 2.24) is 5.32 Å². The summed E-state index contributed by atoms with van der Waals surface area (Å²) < 4.78 is 11.9. The van der Waals surface area contributed by atoms with E-state index < -0.39 is 17.9 Å². The quantitative estimate of drug-likeness (QED) is 0.281. The van der Waals surface area contributed by atoms with Crippen LogP contribution in [0.25, 0.3) is 0 Å². The lowest BCUT2D eigenvalue weighted by Crippen LogP contribution is -2.37. The number of nitrogens with two attached hydrogens (primary N) is 2. The van der Waals surface area contributed by atoms with Crippen molar-refractivity contribution in [2.45, 2.75) is 63.6 Å².